The first-order valence-corrected chi connectivity index (χ1v) is 7.14. The topological polar surface area (TPSA) is 21.7 Å². The smallest absolute Gasteiger partial charge is 0.0935 e. The molecule has 0 aliphatic carbocycles. The van der Waals surface area contributed by atoms with Crippen molar-refractivity contribution in [2.75, 3.05) is 39.5 Å². The molecule has 3 nitrogen and oxygen atoms in total. The molecule has 1 rings (SSSR count). The van der Waals surface area contributed by atoms with Gasteiger partial charge in [0, 0.05) is 26.2 Å². The van der Waals surface area contributed by atoms with E-state index in [1.54, 1.807) is 0 Å². The van der Waals surface area contributed by atoms with Crippen LogP contribution in [0.25, 0.3) is 0 Å². The van der Waals surface area contributed by atoms with Crippen molar-refractivity contribution in [2.24, 2.45) is 5.92 Å². The Hall–Kier alpha value is -0.120. The van der Waals surface area contributed by atoms with Gasteiger partial charge in [-0.05, 0) is 12.3 Å². The van der Waals surface area contributed by atoms with Crippen LogP contribution in [0.15, 0.2) is 0 Å². The van der Waals surface area contributed by atoms with Gasteiger partial charge in [0.2, 0.25) is 0 Å². The van der Waals surface area contributed by atoms with Crippen LogP contribution in [0.1, 0.15) is 40.0 Å². The number of unbranched alkanes of at least 4 members (excludes halogenated alkanes) is 2. The molecule has 1 fully saturated rings. The van der Waals surface area contributed by atoms with E-state index in [0.717, 1.165) is 38.8 Å². The lowest BCUT2D eigenvalue weighted by Crippen LogP contribution is -2.45. The number of hydrogen-bond donors (Lipinski definition) is 0. The zero-order chi connectivity index (χ0) is 12.5. The molecule has 0 aromatic heterocycles. The van der Waals surface area contributed by atoms with Gasteiger partial charge in [-0.2, -0.15) is 0 Å². The maximum Gasteiger partial charge on any atom is 0.0935 e. The van der Waals surface area contributed by atoms with Gasteiger partial charge in [0.1, 0.15) is 0 Å². The third-order valence-electron chi connectivity index (χ3n) is 3.04. The minimum atomic E-state index is 0.282. The SMILES string of the molecule is CCCCCOC[C@H]1CN(CC(C)C)CCO1. The number of morpholine rings is 1. The summed E-state index contributed by atoms with van der Waals surface area (Å²) in [6.45, 7) is 12.5. The normalized spacial score (nSPS) is 22.2. The van der Waals surface area contributed by atoms with Crippen molar-refractivity contribution in [1.82, 2.24) is 4.90 Å². The lowest BCUT2D eigenvalue weighted by Gasteiger charge is -2.33. The van der Waals surface area contributed by atoms with Crippen LogP contribution in [0.5, 0.6) is 0 Å². The highest BCUT2D eigenvalue weighted by Gasteiger charge is 2.20. The van der Waals surface area contributed by atoms with Crippen molar-refractivity contribution in [2.45, 2.75) is 46.1 Å². The summed E-state index contributed by atoms with van der Waals surface area (Å²) in [5, 5.41) is 0. The summed E-state index contributed by atoms with van der Waals surface area (Å²) in [6, 6.07) is 0. The first-order valence-electron chi connectivity index (χ1n) is 7.14. The third-order valence-corrected chi connectivity index (χ3v) is 3.04. The Morgan fingerprint density at radius 3 is 2.88 bits per heavy atom. The molecule has 1 saturated heterocycles. The lowest BCUT2D eigenvalue weighted by molar-refractivity contribution is -0.0713. The molecule has 0 spiro atoms. The van der Waals surface area contributed by atoms with Gasteiger partial charge >= 0.3 is 0 Å². The highest BCUT2D eigenvalue weighted by molar-refractivity contribution is 4.71. The second-order valence-electron chi connectivity index (χ2n) is 5.43. The second-order valence-corrected chi connectivity index (χ2v) is 5.43. The zero-order valence-electron chi connectivity index (χ0n) is 11.8. The van der Waals surface area contributed by atoms with Gasteiger partial charge in [-0.3, -0.25) is 4.90 Å². The molecule has 102 valence electrons. The van der Waals surface area contributed by atoms with E-state index in [9.17, 15) is 0 Å². The van der Waals surface area contributed by atoms with Crippen molar-refractivity contribution in [1.29, 1.82) is 0 Å². The minimum Gasteiger partial charge on any atom is -0.379 e. The van der Waals surface area contributed by atoms with Crippen molar-refractivity contribution >= 4 is 0 Å². The van der Waals surface area contributed by atoms with Gasteiger partial charge in [-0.15, -0.1) is 0 Å². The van der Waals surface area contributed by atoms with Crippen LogP contribution in [0, 0.1) is 5.92 Å². The molecular formula is C14H29NO2. The predicted octanol–water partition coefficient (Wildman–Crippen LogP) is 2.55. The summed E-state index contributed by atoms with van der Waals surface area (Å²) in [4.78, 5) is 2.49. The number of nitrogens with zero attached hydrogens (tertiary/aromatic N) is 1. The predicted molar refractivity (Wildman–Crippen MR) is 71.4 cm³/mol. The molecule has 0 aromatic carbocycles. The summed E-state index contributed by atoms with van der Waals surface area (Å²) >= 11 is 0. The molecule has 3 heteroatoms. The van der Waals surface area contributed by atoms with Crippen LogP contribution in [-0.4, -0.2) is 50.5 Å². The number of ether oxygens (including phenoxy) is 2. The molecule has 1 heterocycles. The number of rotatable bonds is 8. The van der Waals surface area contributed by atoms with E-state index in [1.165, 1.54) is 25.8 Å². The zero-order valence-corrected chi connectivity index (χ0v) is 11.8. The molecule has 1 aliphatic rings. The average molecular weight is 243 g/mol. The molecule has 17 heavy (non-hydrogen) atoms. The first kappa shape index (κ1) is 14.9. The highest BCUT2D eigenvalue weighted by Crippen LogP contribution is 2.08. The van der Waals surface area contributed by atoms with E-state index in [1.807, 2.05) is 0 Å². The van der Waals surface area contributed by atoms with Crippen LogP contribution >= 0.6 is 0 Å². The Labute approximate surface area is 106 Å². The number of hydrogen-bond acceptors (Lipinski definition) is 3. The summed E-state index contributed by atoms with van der Waals surface area (Å²) in [7, 11) is 0. The van der Waals surface area contributed by atoms with Crippen LogP contribution in [0.2, 0.25) is 0 Å². The van der Waals surface area contributed by atoms with Crippen molar-refractivity contribution in [3.8, 4) is 0 Å². The lowest BCUT2D eigenvalue weighted by atomic mass is 10.2. The molecule has 0 N–H and O–H groups in total. The minimum absolute atomic E-state index is 0.282. The summed E-state index contributed by atoms with van der Waals surface area (Å²) in [6.07, 6.45) is 3.99. The quantitative estimate of drug-likeness (QED) is 0.612. The summed E-state index contributed by atoms with van der Waals surface area (Å²) in [5.74, 6) is 0.735. The van der Waals surface area contributed by atoms with Gasteiger partial charge < -0.3 is 9.47 Å². The third kappa shape index (κ3) is 7.02. The van der Waals surface area contributed by atoms with Crippen LogP contribution in [-0.2, 0) is 9.47 Å². The van der Waals surface area contributed by atoms with Gasteiger partial charge in [0.25, 0.3) is 0 Å². The summed E-state index contributed by atoms with van der Waals surface area (Å²) in [5.41, 5.74) is 0. The Morgan fingerprint density at radius 1 is 1.35 bits per heavy atom. The fraction of sp³-hybridized carbons (Fsp3) is 1.00. The molecule has 0 aromatic rings. The second kappa shape index (κ2) is 8.90. The molecule has 1 atom stereocenters. The average Bonchev–Trinajstić information content (AvgIpc) is 2.28. The Balaban J connectivity index is 2.08. The standard InChI is InChI=1S/C14H29NO2/c1-4-5-6-8-16-12-14-11-15(7-9-17-14)10-13(2)3/h13-14H,4-12H2,1-3H3/t14-/m1/s1. The molecule has 0 saturated carbocycles. The van der Waals surface area contributed by atoms with E-state index >= 15 is 0 Å². The van der Waals surface area contributed by atoms with Gasteiger partial charge in [-0.1, -0.05) is 33.6 Å². The van der Waals surface area contributed by atoms with Crippen molar-refractivity contribution in [3.63, 3.8) is 0 Å². The maximum absolute atomic E-state index is 5.73. The molecule has 0 radical (unpaired) electrons. The molecular weight excluding hydrogens is 214 g/mol. The van der Waals surface area contributed by atoms with E-state index in [4.69, 9.17) is 9.47 Å². The van der Waals surface area contributed by atoms with Crippen molar-refractivity contribution in [3.05, 3.63) is 0 Å². The fourth-order valence-electron chi connectivity index (χ4n) is 2.23. The molecule has 0 bridgehead atoms. The fourth-order valence-corrected chi connectivity index (χ4v) is 2.23. The van der Waals surface area contributed by atoms with Crippen LogP contribution in [0.3, 0.4) is 0 Å². The Kier molecular flexibility index (Phi) is 7.82. The van der Waals surface area contributed by atoms with Gasteiger partial charge in [-0.25, -0.2) is 0 Å². The largest absolute Gasteiger partial charge is 0.379 e. The Morgan fingerprint density at radius 2 is 2.18 bits per heavy atom. The van der Waals surface area contributed by atoms with Crippen LogP contribution in [0.4, 0.5) is 0 Å². The van der Waals surface area contributed by atoms with E-state index in [2.05, 4.69) is 25.7 Å². The van der Waals surface area contributed by atoms with Gasteiger partial charge in [0.05, 0.1) is 19.3 Å². The molecule has 0 unspecified atom stereocenters. The van der Waals surface area contributed by atoms with Crippen LogP contribution < -0.4 is 0 Å². The molecule has 1 aliphatic heterocycles. The first-order chi connectivity index (χ1) is 8.22. The van der Waals surface area contributed by atoms with Crippen molar-refractivity contribution < 1.29 is 9.47 Å². The van der Waals surface area contributed by atoms with E-state index in [0.29, 0.717) is 0 Å². The maximum atomic E-state index is 5.73. The highest BCUT2D eigenvalue weighted by atomic mass is 16.5. The summed E-state index contributed by atoms with van der Waals surface area (Å²) < 4.78 is 11.4. The molecule has 0 amide bonds. The van der Waals surface area contributed by atoms with Gasteiger partial charge in [0.15, 0.2) is 0 Å². The Bertz CT molecular complexity index is 185. The van der Waals surface area contributed by atoms with E-state index < -0.39 is 0 Å². The monoisotopic (exact) mass is 243 g/mol. The van der Waals surface area contributed by atoms with E-state index in [-0.39, 0.29) is 6.10 Å².